The third kappa shape index (κ3) is 4.49. The summed E-state index contributed by atoms with van der Waals surface area (Å²) in [5.41, 5.74) is 1.14. The topological polar surface area (TPSA) is 32.3 Å². The molecule has 24 heavy (non-hydrogen) atoms. The fourth-order valence-electron chi connectivity index (χ4n) is 3.46. The number of carbonyl (C=O) groups excluding carboxylic acids is 1. The first-order valence-corrected chi connectivity index (χ1v) is 8.73. The van der Waals surface area contributed by atoms with Crippen LogP contribution in [0, 0.1) is 5.92 Å². The zero-order valence-electron chi connectivity index (χ0n) is 14.3. The van der Waals surface area contributed by atoms with Crippen LogP contribution in [-0.2, 0) is 11.2 Å². The SMILES string of the molecule is CCNCC1CCN(C(=O)Cc2cccc3ccccc23)CC1.Cl. The van der Waals surface area contributed by atoms with E-state index in [2.05, 4.69) is 36.5 Å². The molecule has 0 saturated carbocycles. The van der Waals surface area contributed by atoms with Gasteiger partial charge >= 0.3 is 0 Å². The maximum Gasteiger partial charge on any atom is 0.227 e. The minimum absolute atomic E-state index is 0. The Hall–Kier alpha value is -1.58. The molecule has 2 aromatic rings. The van der Waals surface area contributed by atoms with Crippen molar-refractivity contribution in [2.45, 2.75) is 26.2 Å². The van der Waals surface area contributed by atoms with E-state index in [9.17, 15) is 4.79 Å². The predicted molar refractivity (Wildman–Crippen MR) is 103 cm³/mol. The molecule has 2 aromatic carbocycles. The molecule has 1 aliphatic heterocycles. The number of likely N-dealkylation sites (tertiary alicyclic amines) is 1. The van der Waals surface area contributed by atoms with Crippen molar-refractivity contribution in [2.24, 2.45) is 5.92 Å². The van der Waals surface area contributed by atoms with E-state index in [1.807, 2.05) is 23.1 Å². The van der Waals surface area contributed by atoms with Crippen LogP contribution in [0.4, 0.5) is 0 Å². The van der Waals surface area contributed by atoms with E-state index < -0.39 is 0 Å². The highest BCUT2D eigenvalue weighted by Crippen LogP contribution is 2.21. The summed E-state index contributed by atoms with van der Waals surface area (Å²) >= 11 is 0. The lowest BCUT2D eigenvalue weighted by molar-refractivity contribution is -0.131. The Balaban J connectivity index is 0.00000208. The van der Waals surface area contributed by atoms with Gasteiger partial charge < -0.3 is 10.2 Å². The number of nitrogens with zero attached hydrogens (tertiary/aromatic N) is 1. The first-order valence-electron chi connectivity index (χ1n) is 8.73. The number of benzene rings is 2. The van der Waals surface area contributed by atoms with Crippen LogP contribution in [0.5, 0.6) is 0 Å². The van der Waals surface area contributed by atoms with Gasteiger partial charge in [-0.2, -0.15) is 0 Å². The molecule has 1 N–H and O–H groups in total. The van der Waals surface area contributed by atoms with Gasteiger partial charge in [-0.05, 0) is 48.2 Å². The Morgan fingerprint density at radius 3 is 2.58 bits per heavy atom. The summed E-state index contributed by atoms with van der Waals surface area (Å²) in [6.45, 7) is 6.06. The Morgan fingerprint density at radius 1 is 1.12 bits per heavy atom. The smallest absolute Gasteiger partial charge is 0.227 e. The van der Waals surface area contributed by atoms with Gasteiger partial charge in [-0.3, -0.25) is 4.79 Å². The van der Waals surface area contributed by atoms with Crippen molar-refractivity contribution in [3.8, 4) is 0 Å². The Morgan fingerprint density at radius 2 is 1.83 bits per heavy atom. The Kier molecular flexibility index (Phi) is 7.07. The van der Waals surface area contributed by atoms with Crippen molar-refractivity contribution < 1.29 is 4.79 Å². The van der Waals surface area contributed by atoms with Gasteiger partial charge in [0.15, 0.2) is 0 Å². The van der Waals surface area contributed by atoms with E-state index in [4.69, 9.17) is 0 Å². The molecule has 3 nitrogen and oxygen atoms in total. The number of carbonyl (C=O) groups is 1. The van der Waals surface area contributed by atoms with Crippen molar-refractivity contribution in [2.75, 3.05) is 26.2 Å². The third-order valence-electron chi connectivity index (χ3n) is 4.87. The highest BCUT2D eigenvalue weighted by Gasteiger charge is 2.22. The molecule has 1 fully saturated rings. The normalized spacial score (nSPS) is 15.3. The maximum absolute atomic E-state index is 12.6. The number of hydrogen-bond donors (Lipinski definition) is 1. The molecule has 1 aliphatic rings. The molecule has 1 amide bonds. The van der Waals surface area contributed by atoms with E-state index >= 15 is 0 Å². The van der Waals surface area contributed by atoms with Crippen LogP contribution in [-0.4, -0.2) is 37.0 Å². The van der Waals surface area contributed by atoms with Crippen LogP contribution in [0.15, 0.2) is 42.5 Å². The molecular formula is C20H27ClN2O. The lowest BCUT2D eigenvalue weighted by atomic mass is 9.96. The van der Waals surface area contributed by atoms with E-state index in [0.29, 0.717) is 6.42 Å². The zero-order chi connectivity index (χ0) is 16.1. The first kappa shape index (κ1) is 18.8. The van der Waals surface area contributed by atoms with Gasteiger partial charge in [0, 0.05) is 13.1 Å². The molecule has 0 aromatic heterocycles. The van der Waals surface area contributed by atoms with Crippen LogP contribution >= 0.6 is 12.4 Å². The van der Waals surface area contributed by atoms with Gasteiger partial charge in [-0.25, -0.2) is 0 Å². The monoisotopic (exact) mass is 346 g/mol. The van der Waals surface area contributed by atoms with E-state index in [0.717, 1.165) is 50.5 Å². The molecule has 1 heterocycles. The van der Waals surface area contributed by atoms with E-state index in [1.165, 1.54) is 10.8 Å². The second kappa shape index (κ2) is 9.05. The fourth-order valence-corrected chi connectivity index (χ4v) is 3.46. The van der Waals surface area contributed by atoms with Crippen molar-refractivity contribution in [3.63, 3.8) is 0 Å². The largest absolute Gasteiger partial charge is 0.342 e. The quantitative estimate of drug-likeness (QED) is 0.896. The van der Waals surface area contributed by atoms with Crippen LogP contribution in [0.1, 0.15) is 25.3 Å². The second-order valence-electron chi connectivity index (χ2n) is 6.45. The van der Waals surface area contributed by atoms with Crippen molar-refractivity contribution >= 4 is 29.1 Å². The lowest BCUT2D eigenvalue weighted by Crippen LogP contribution is -2.41. The van der Waals surface area contributed by atoms with Gasteiger partial charge in [0.1, 0.15) is 0 Å². The summed E-state index contributed by atoms with van der Waals surface area (Å²) in [6, 6.07) is 14.5. The maximum atomic E-state index is 12.6. The molecular weight excluding hydrogens is 320 g/mol. The Bertz CT molecular complexity index is 660. The summed E-state index contributed by atoms with van der Waals surface area (Å²) < 4.78 is 0. The molecule has 0 atom stereocenters. The van der Waals surface area contributed by atoms with Gasteiger partial charge in [0.25, 0.3) is 0 Å². The van der Waals surface area contributed by atoms with E-state index in [-0.39, 0.29) is 18.3 Å². The molecule has 1 saturated heterocycles. The summed E-state index contributed by atoms with van der Waals surface area (Å²) in [5, 5.41) is 5.83. The minimum Gasteiger partial charge on any atom is -0.342 e. The molecule has 4 heteroatoms. The number of amides is 1. The minimum atomic E-state index is 0. The second-order valence-corrected chi connectivity index (χ2v) is 6.45. The molecule has 0 spiro atoms. The van der Waals surface area contributed by atoms with Gasteiger partial charge in [0.05, 0.1) is 6.42 Å². The Labute approximate surface area is 150 Å². The van der Waals surface area contributed by atoms with Crippen molar-refractivity contribution in [1.82, 2.24) is 10.2 Å². The highest BCUT2D eigenvalue weighted by molar-refractivity contribution is 5.90. The van der Waals surface area contributed by atoms with Gasteiger partial charge in [-0.1, -0.05) is 49.4 Å². The molecule has 0 bridgehead atoms. The summed E-state index contributed by atoms with van der Waals surface area (Å²) in [4.78, 5) is 14.7. The third-order valence-corrected chi connectivity index (χ3v) is 4.87. The number of rotatable bonds is 5. The van der Waals surface area contributed by atoms with Gasteiger partial charge in [0.2, 0.25) is 5.91 Å². The first-order chi connectivity index (χ1) is 11.3. The van der Waals surface area contributed by atoms with Crippen LogP contribution < -0.4 is 5.32 Å². The standard InChI is InChI=1S/C20H26N2O.ClH/c1-2-21-15-16-10-12-22(13-11-16)20(23)14-18-8-5-7-17-6-3-4-9-19(17)18;/h3-9,16,21H,2,10-15H2,1H3;1H. The summed E-state index contributed by atoms with van der Waals surface area (Å²) in [6.07, 6.45) is 2.75. The average Bonchev–Trinajstić information content (AvgIpc) is 2.60. The molecule has 130 valence electrons. The predicted octanol–water partition coefficient (Wildman–Crippen LogP) is 3.65. The van der Waals surface area contributed by atoms with Crippen LogP contribution in [0.25, 0.3) is 10.8 Å². The number of halogens is 1. The van der Waals surface area contributed by atoms with Crippen LogP contribution in [0.2, 0.25) is 0 Å². The number of hydrogen-bond acceptors (Lipinski definition) is 2. The molecule has 0 radical (unpaired) electrons. The molecule has 3 rings (SSSR count). The highest BCUT2D eigenvalue weighted by atomic mass is 35.5. The summed E-state index contributed by atoms with van der Waals surface area (Å²) in [7, 11) is 0. The van der Waals surface area contributed by atoms with Crippen molar-refractivity contribution in [3.05, 3.63) is 48.0 Å². The molecule has 0 aliphatic carbocycles. The molecule has 0 unspecified atom stereocenters. The van der Waals surface area contributed by atoms with Crippen molar-refractivity contribution in [1.29, 1.82) is 0 Å². The lowest BCUT2D eigenvalue weighted by Gasteiger charge is -2.32. The number of piperidine rings is 1. The van der Waals surface area contributed by atoms with Gasteiger partial charge in [-0.15, -0.1) is 12.4 Å². The average molecular weight is 347 g/mol. The van der Waals surface area contributed by atoms with E-state index in [1.54, 1.807) is 0 Å². The fraction of sp³-hybridized carbons (Fsp3) is 0.450. The number of fused-ring (bicyclic) bond motifs is 1. The summed E-state index contributed by atoms with van der Waals surface area (Å²) in [5.74, 6) is 0.986. The van der Waals surface area contributed by atoms with Crippen LogP contribution in [0.3, 0.4) is 0 Å². The number of nitrogens with one attached hydrogen (secondary N) is 1. The zero-order valence-corrected chi connectivity index (χ0v) is 15.1.